The van der Waals surface area contributed by atoms with Crippen molar-refractivity contribution in [2.75, 3.05) is 0 Å². The molecule has 316 valence electrons. The Kier molecular flexibility index (Phi) is 12.8. The summed E-state index contributed by atoms with van der Waals surface area (Å²) < 4.78 is 0. The van der Waals surface area contributed by atoms with E-state index in [1.165, 1.54) is 103 Å². The molecule has 0 radical (unpaired) electrons. The smallest absolute Gasteiger partial charge is 0.248 e. The molecular formula is C46H70N10O2. The number of hydrogen-bond donors (Lipinski definition) is 10. The Labute approximate surface area is 345 Å². The number of hydrogen-bond acceptors (Lipinski definition) is 10. The average molecular weight is 795 g/mol. The third-order valence-corrected chi connectivity index (χ3v) is 15.9. The van der Waals surface area contributed by atoms with Crippen LogP contribution < -0.4 is 54.0 Å². The molecule has 0 aromatic heterocycles. The quantitative estimate of drug-likeness (QED) is 0.212. The highest BCUT2D eigenvalue weighted by atomic mass is 16.1. The molecule has 2 amide bonds. The Bertz CT molecular complexity index is 1410. The van der Waals surface area contributed by atoms with Crippen molar-refractivity contribution in [2.45, 2.75) is 152 Å². The van der Waals surface area contributed by atoms with E-state index < -0.39 is 0 Å². The van der Waals surface area contributed by atoms with Crippen LogP contribution in [0.2, 0.25) is 0 Å². The highest BCUT2D eigenvalue weighted by molar-refractivity contribution is 5.93. The third kappa shape index (κ3) is 8.63. The third-order valence-electron chi connectivity index (χ3n) is 15.9. The Balaban J connectivity index is 0.000000200. The van der Waals surface area contributed by atoms with Gasteiger partial charge in [0.15, 0.2) is 0 Å². The van der Waals surface area contributed by atoms with Crippen LogP contribution in [-0.4, -0.2) is 61.1 Å². The van der Waals surface area contributed by atoms with Crippen LogP contribution in [0.15, 0.2) is 60.7 Å². The Morgan fingerprint density at radius 1 is 0.328 bits per heavy atom. The average Bonchev–Trinajstić information content (AvgIpc) is 4.01. The second-order valence-electron chi connectivity index (χ2n) is 19.1. The number of primary amides is 2. The number of nitrogens with one attached hydrogen (secondary N) is 8. The first-order valence-corrected chi connectivity index (χ1v) is 23.2. The minimum atomic E-state index is -0.379. The van der Waals surface area contributed by atoms with Crippen LogP contribution >= 0.6 is 0 Å². The van der Waals surface area contributed by atoms with Gasteiger partial charge in [0.05, 0.1) is 49.3 Å². The Hall–Kier alpha value is -2.94. The number of amides is 2. The van der Waals surface area contributed by atoms with Crippen molar-refractivity contribution < 1.29 is 9.59 Å². The van der Waals surface area contributed by atoms with Gasteiger partial charge in [0.1, 0.15) is 0 Å². The van der Waals surface area contributed by atoms with Crippen LogP contribution in [-0.2, 0) is 0 Å². The molecule has 12 heteroatoms. The zero-order valence-corrected chi connectivity index (χ0v) is 34.3. The second kappa shape index (κ2) is 18.4. The first kappa shape index (κ1) is 40.5. The maximum atomic E-state index is 10.4. The van der Waals surface area contributed by atoms with E-state index in [0.29, 0.717) is 60.5 Å². The number of benzene rings is 2. The zero-order chi connectivity index (χ0) is 39.6. The van der Waals surface area contributed by atoms with E-state index in [1.54, 1.807) is 48.5 Å². The Morgan fingerprint density at radius 2 is 0.500 bits per heavy atom. The van der Waals surface area contributed by atoms with Gasteiger partial charge in [-0.3, -0.25) is 52.1 Å². The van der Waals surface area contributed by atoms with Crippen LogP contribution in [0.3, 0.4) is 0 Å². The van der Waals surface area contributed by atoms with Crippen LogP contribution in [0.5, 0.6) is 0 Å². The van der Waals surface area contributed by atoms with Crippen molar-refractivity contribution in [1.82, 2.24) is 42.5 Å². The highest BCUT2D eigenvalue weighted by Crippen LogP contribution is 2.45. The molecule has 9 aliphatic rings. The maximum Gasteiger partial charge on any atom is 0.248 e. The topological polar surface area (TPSA) is 182 Å². The number of fused-ring (bicyclic) bond motifs is 20. The Morgan fingerprint density at radius 3 is 0.638 bits per heavy atom. The van der Waals surface area contributed by atoms with Crippen molar-refractivity contribution >= 4 is 11.8 Å². The van der Waals surface area contributed by atoms with Gasteiger partial charge in [-0.25, -0.2) is 0 Å². The van der Waals surface area contributed by atoms with Crippen LogP contribution in [0.1, 0.15) is 123 Å². The fourth-order valence-electron chi connectivity index (χ4n) is 13.2. The van der Waals surface area contributed by atoms with E-state index in [4.69, 9.17) is 11.5 Å². The van der Waals surface area contributed by atoms with Gasteiger partial charge in [0.25, 0.3) is 0 Å². The first-order chi connectivity index (χ1) is 28.4. The van der Waals surface area contributed by atoms with E-state index in [9.17, 15) is 9.59 Å². The molecule has 12 N–H and O–H groups in total. The van der Waals surface area contributed by atoms with Gasteiger partial charge in [-0.05, 0) is 123 Å². The van der Waals surface area contributed by atoms with Gasteiger partial charge in [-0.15, -0.1) is 0 Å². The fourth-order valence-corrected chi connectivity index (χ4v) is 13.2. The molecule has 2 aromatic carbocycles. The summed E-state index contributed by atoms with van der Waals surface area (Å²) >= 11 is 0. The van der Waals surface area contributed by atoms with Crippen LogP contribution in [0, 0.1) is 47.3 Å². The number of nitrogens with two attached hydrogens (primary N) is 2. The summed E-state index contributed by atoms with van der Waals surface area (Å²) in [5.41, 5.74) is 11.1. The normalized spacial score (nSPS) is 42.5. The van der Waals surface area contributed by atoms with Crippen molar-refractivity contribution in [3.8, 4) is 0 Å². The summed E-state index contributed by atoms with van der Waals surface area (Å²) in [6.07, 6.45) is 25.6. The first-order valence-electron chi connectivity index (χ1n) is 23.2. The molecule has 5 saturated heterocycles. The van der Waals surface area contributed by atoms with Crippen molar-refractivity contribution in [3.05, 3.63) is 71.8 Å². The van der Waals surface area contributed by atoms with E-state index in [2.05, 4.69) is 42.5 Å². The molecule has 12 nitrogen and oxygen atoms in total. The molecule has 8 bridgehead atoms. The minimum Gasteiger partial charge on any atom is -0.366 e. The fraction of sp³-hybridized carbons (Fsp3) is 0.696. The summed E-state index contributed by atoms with van der Waals surface area (Å²) in [5, 5.41) is 33.8. The molecule has 58 heavy (non-hydrogen) atoms. The summed E-state index contributed by atoms with van der Waals surface area (Å²) in [4.78, 5) is 20.8. The van der Waals surface area contributed by atoms with Crippen molar-refractivity contribution in [1.29, 1.82) is 0 Å². The molecule has 9 fully saturated rings. The molecule has 8 atom stereocenters. The minimum absolute atomic E-state index is 0.379. The summed E-state index contributed by atoms with van der Waals surface area (Å²) in [7, 11) is 0. The lowest BCUT2D eigenvalue weighted by molar-refractivity contribution is 0.0992. The van der Waals surface area contributed by atoms with E-state index in [-0.39, 0.29) is 11.8 Å². The lowest BCUT2D eigenvalue weighted by Crippen LogP contribution is -2.61. The molecule has 4 saturated carbocycles. The van der Waals surface area contributed by atoms with Gasteiger partial charge in [0.2, 0.25) is 11.8 Å². The zero-order valence-electron chi connectivity index (χ0n) is 34.3. The van der Waals surface area contributed by atoms with Gasteiger partial charge < -0.3 is 11.5 Å². The standard InChI is InChI=1S/C32H56N8.2C7H7NO/c1-2-10-18-17(9-1)25-33-26(18)38-28-21-13-5-6-14-22(21)30(35-28)40-32-24-16-8-7-15-23(24)31(36-32)39-29-20-12-4-3-11-19(20)27(34-29)37-25;2*8-7(9)6-4-2-1-3-5-6/h17-40H,1-16H2;2*1-5H,(H2,8,9). The molecule has 8 unspecified atom stereocenters. The highest BCUT2D eigenvalue weighted by Gasteiger charge is 2.54. The molecular weight excluding hydrogens is 725 g/mol. The summed E-state index contributed by atoms with van der Waals surface area (Å²) in [6.45, 7) is 0. The predicted octanol–water partition coefficient (Wildman–Crippen LogP) is 4.18. The summed E-state index contributed by atoms with van der Waals surface area (Å²) in [5.74, 6) is 5.21. The second-order valence-corrected chi connectivity index (χ2v) is 19.1. The number of carbonyl (C=O) groups excluding carboxylic acids is 2. The molecule has 5 heterocycles. The lowest BCUT2D eigenvalue weighted by Gasteiger charge is -2.35. The molecule has 11 rings (SSSR count). The largest absolute Gasteiger partial charge is 0.366 e. The van der Waals surface area contributed by atoms with Gasteiger partial charge in [0, 0.05) is 11.1 Å². The lowest BCUT2D eigenvalue weighted by atomic mass is 9.76. The maximum absolute atomic E-state index is 10.4. The van der Waals surface area contributed by atoms with Gasteiger partial charge in [-0.1, -0.05) is 87.8 Å². The van der Waals surface area contributed by atoms with Crippen LogP contribution in [0.4, 0.5) is 0 Å². The monoisotopic (exact) mass is 795 g/mol. The van der Waals surface area contributed by atoms with E-state index in [1.807, 2.05) is 12.1 Å². The molecule has 0 spiro atoms. The van der Waals surface area contributed by atoms with Crippen molar-refractivity contribution in [2.24, 2.45) is 58.8 Å². The van der Waals surface area contributed by atoms with Gasteiger partial charge >= 0.3 is 0 Å². The predicted molar refractivity (Wildman–Crippen MR) is 227 cm³/mol. The summed E-state index contributed by atoms with van der Waals surface area (Å²) in [6, 6.07) is 17.5. The van der Waals surface area contributed by atoms with Crippen molar-refractivity contribution in [3.63, 3.8) is 0 Å². The van der Waals surface area contributed by atoms with Crippen LogP contribution in [0.25, 0.3) is 0 Å². The molecule has 2 aromatic rings. The van der Waals surface area contributed by atoms with E-state index in [0.717, 1.165) is 47.3 Å². The number of rotatable bonds is 2. The molecule has 4 aliphatic carbocycles. The molecule has 5 aliphatic heterocycles. The van der Waals surface area contributed by atoms with E-state index >= 15 is 0 Å². The van der Waals surface area contributed by atoms with Gasteiger partial charge in [-0.2, -0.15) is 0 Å². The SMILES string of the molecule is C1CCC2C3NC(NC4NC(NC5NC(NC6NC(N3)C3CCCCC63)C3CCCCC53)C3CCCCC43)C2C1.NC(=O)c1ccccc1.NC(=O)c1ccccc1. The number of carbonyl (C=O) groups is 2.